The van der Waals surface area contributed by atoms with Crippen molar-refractivity contribution in [3.63, 3.8) is 0 Å². The predicted molar refractivity (Wildman–Crippen MR) is 102 cm³/mol. The summed E-state index contributed by atoms with van der Waals surface area (Å²) in [4.78, 5) is 11.7. The van der Waals surface area contributed by atoms with Crippen LogP contribution in [0.25, 0.3) is 11.1 Å². The molecule has 0 saturated heterocycles. The van der Waals surface area contributed by atoms with Gasteiger partial charge in [-0.05, 0) is 48.5 Å². The Kier molecular flexibility index (Phi) is 5.00. The first-order chi connectivity index (χ1) is 12.7. The molecule has 0 unspecified atom stereocenters. The number of pyridine rings is 1. The van der Waals surface area contributed by atoms with Crippen LogP contribution in [0.3, 0.4) is 0 Å². The molecule has 27 heavy (non-hydrogen) atoms. The van der Waals surface area contributed by atoms with Gasteiger partial charge < -0.3 is 9.30 Å². The first-order valence-corrected chi connectivity index (χ1v) is 9.83. The van der Waals surface area contributed by atoms with E-state index in [0.29, 0.717) is 28.3 Å². The van der Waals surface area contributed by atoms with Gasteiger partial charge in [-0.2, -0.15) is 0 Å². The zero-order chi connectivity index (χ0) is 19.6. The van der Waals surface area contributed by atoms with Gasteiger partial charge in [0.1, 0.15) is 17.3 Å². The number of hydrogen-bond acceptors (Lipinski definition) is 4. The fourth-order valence-corrected chi connectivity index (χ4v) is 3.06. The number of aromatic nitrogens is 1. The van der Waals surface area contributed by atoms with Crippen LogP contribution in [-0.4, -0.2) is 19.2 Å². The molecular weight excluding hydrogens is 371 g/mol. The Morgan fingerprint density at radius 3 is 2.37 bits per heavy atom. The third-order valence-corrected chi connectivity index (χ3v) is 4.33. The third kappa shape index (κ3) is 4.73. The zero-order valence-corrected chi connectivity index (χ0v) is 15.5. The maximum atomic E-state index is 13.1. The van der Waals surface area contributed by atoms with Crippen molar-refractivity contribution in [1.29, 1.82) is 0 Å². The second kappa shape index (κ2) is 7.24. The van der Waals surface area contributed by atoms with E-state index in [1.165, 1.54) is 34.9 Å². The van der Waals surface area contributed by atoms with E-state index in [-0.39, 0.29) is 11.4 Å². The summed E-state index contributed by atoms with van der Waals surface area (Å²) < 4.78 is 45.8. The normalized spacial score (nSPS) is 11.2. The van der Waals surface area contributed by atoms with Crippen LogP contribution in [0.5, 0.6) is 11.5 Å². The number of sulfonamides is 1. The number of nitrogens with zero attached hydrogens (tertiary/aromatic N) is 1. The minimum absolute atomic E-state index is 0.176. The van der Waals surface area contributed by atoms with Crippen LogP contribution >= 0.6 is 0 Å². The van der Waals surface area contributed by atoms with Crippen LogP contribution in [0, 0.1) is 5.82 Å². The van der Waals surface area contributed by atoms with Gasteiger partial charge in [-0.15, -0.1) is 0 Å². The minimum Gasteiger partial charge on any atom is -0.457 e. The number of ether oxygens (including phenoxy) is 1. The number of halogens is 1. The first-order valence-electron chi connectivity index (χ1n) is 7.93. The van der Waals surface area contributed by atoms with Crippen LogP contribution in [0.1, 0.15) is 0 Å². The van der Waals surface area contributed by atoms with E-state index in [0.717, 1.165) is 6.26 Å². The Hall–Kier alpha value is -3.13. The van der Waals surface area contributed by atoms with Gasteiger partial charge in [0, 0.05) is 36.1 Å². The maximum Gasteiger partial charge on any atom is 0.250 e. The largest absolute Gasteiger partial charge is 0.457 e. The molecule has 0 radical (unpaired) electrons. The van der Waals surface area contributed by atoms with Crippen LogP contribution in [0.15, 0.2) is 65.6 Å². The van der Waals surface area contributed by atoms with E-state index >= 15 is 0 Å². The Bertz CT molecular complexity index is 1140. The fourth-order valence-electron chi connectivity index (χ4n) is 2.50. The number of aryl methyl sites for hydroxylation is 1. The minimum atomic E-state index is -3.46. The molecular formula is C19H17FN2O4S. The smallest absolute Gasteiger partial charge is 0.250 e. The molecule has 8 heteroatoms. The highest BCUT2D eigenvalue weighted by molar-refractivity contribution is 7.92. The van der Waals surface area contributed by atoms with Gasteiger partial charge in [-0.1, -0.05) is 0 Å². The molecule has 0 bridgehead atoms. The lowest BCUT2D eigenvalue weighted by molar-refractivity contribution is 0.482. The lowest BCUT2D eigenvalue weighted by Gasteiger charge is -2.14. The summed E-state index contributed by atoms with van der Waals surface area (Å²) in [5.41, 5.74) is 1.41. The van der Waals surface area contributed by atoms with Crippen molar-refractivity contribution in [1.82, 2.24) is 4.57 Å². The van der Waals surface area contributed by atoms with E-state index in [4.69, 9.17) is 4.74 Å². The quantitative estimate of drug-likeness (QED) is 0.727. The number of nitrogens with one attached hydrogen (secondary N) is 1. The van der Waals surface area contributed by atoms with Gasteiger partial charge in [0.05, 0.1) is 6.26 Å². The van der Waals surface area contributed by atoms with E-state index in [1.54, 1.807) is 37.5 Å². The fraction of sp³-hybridized carbons (Fsp3) is 0.105. The van der Waals surface area contributed by atoms with Gasteiger partial charge in [0.2, 0.25) is 15.6 Å². The molecule has 0 aliphatic heterocycles. The molecule has 1 N–H and O–H groups in total. The van der Waals surface area contributed by atoms with Crippen molar-refractivity contribution in [3.8, 4) is 22.6 Å². The van der Waals surface area contributed by atoms with Gasteiger partial charge in [-0.25, -0.2) is 12.8 Å². The van der Waals surface area contributed by atoms with Crippen LogP contribution in [0.4, 0.5) is 10.1 Å². The van der Waals surface area contributed by atoms with E-state index in [2.05, 4.69) is 4.72 Å². The third-order valence-electron chi connectivity index (χ3n) is 3.72. The first kappa shape index (κ1) is 18.7. The Labute approximate surface area is 155 Å². The van der Waals surface area contributed by atoms with Crippen LogP contribution in [-0.2, 0) is 17.1 Å². The molecule has 0 fully saturated rings. The Morgan fingerprint density at radius 1 is 1.04 bits per heavy atom. The Morgan fingerprint density at radius 2 is 1.74 bits per heavy atom. The highest BCUT2D eigenvalue weighted by Gasteiger charge is 2.12. The van der Waals surface area contributed by atoms with Crippen molar-refractivity contribution in [3.05, 3.63) is 77.0 Å². The lowest BCUT2D eigenvalue weighted by Crippen LogP contribution is -2.14. The number of benzene rings is 2. The molecule has 0 aliphatic rings. The summed E-state index contributed by atoms with van der Waals surface area (Å²) in [6.45, 7) is 0. The summed E-state index contributed by atoms with van der Waals surface area (Å²) in [6, 6.07) is 13.3. The standard InChI is InChI=1S/C19H17FN2O4S/c1-22-12-13(3-10-19(22)23)17-11-15(21-27(2,24)25)6-9-18(17)26-16-7-4-14(20)5-8-16/h3-12,21H,1-2H3. The van der Waals surface area contributed by atoms with Crippen molar-refractivity contribution in [2.45, 2.75) is 0 Å². The summed E-state index contributed by atoms with van der Waals surface area (Å²) in [6.07, 6.45) is 2.68. The zero-order valence-electron chi connectivity index (χ0n) is 14.6. The van der Waals surface area contributed by atoms with Crippen LogP contribution in [0.2, 0.25) is 0 Å². The van der Waals surface area contributed by atoms with Gasteiger partial charge >= 0.3 is 0 Å². The molecule has 0 saturated carbocycles. The van der Waals surface area contributed by atoms with Crippen molar-refractivity contribution >= 4 is 15.7 Å². The molecule has 3 aromatic rings. The van der Waals surface area contributed by atoms with E-state index in [1.807, 2.05) is 0 Å². The molecule has 0 amide bonds. The average Bonchev–Trinajstić information content (AvgIpc) is 2.59. The predicted octanol–water partition coefficient (Wildman–Crippen LogP) is 3.36. The SMILES string of the molecule is Cn1cc(-c2cc(NS(C)(=O)=O)ccc2Oc2ccc(F)cc2)ccc1=O. The summed E-state index contributed by atoms with van der Waals surface area (Å²) in [5.74, 6) is 0.471. The molecule has 2 aromatic carbocycles. The second-order valence-corrected chi connectivity index (χ2v) is 7.76. The summed E-state index contributed by atoms with van der Waals surface area (Å²) in [5, 5.41) is 0. The van der Waals surface area contributed by atoms with Gasteiger partial charge in [-0.3, -0.25) is 9.52 Å². The Balaban J connectivity index is 2.09. The monoisotopic (exact) mass is 388 g/mol. The highest BCUT2D eigenvalue weighted by atomic mass is 32.2. The van der Waals surface area contributed by atoms with Crippen molar-refractivity contribution in [2.75, 3.05) is 11.0 Å². The molecule has 3 rings (SSSR count). The number of anilines is 1. The topological polar surface area (TPSA) is 77.4 Å². The van der Waals surface area contributed by atoms with Crippen molar-refractivity contribution in [2.24, 2.45) is 7.05 Å². The number of hydrogen-bond donors (Lipinski definition) is 1. The molecule has 0 aliphatic carbocycles. The molecule has 1 heterocycles. The van der Waals surface area contributed by atoms with E-state index < -0.39 is 10.0 Å². The highest BCUT2D eigenvalue weighted by Crippen LogP contribution is 2.35. The molecule has 1 aromatic heterocycles. The number of rotatable bonds is 5. The second-order valence-electron chi connectivity index (χ2n) is 6.01. The van der Waals surface area contributed by atoms with Gasteiger partial charge in [0.25, 0.3) is 0 Å². The summed E-state index contributed by atoms with van der Waals surface area (Å²) in [7, 11) is -1.84. The van der Waals surface area contributed by atoms with Crippen LogP contribution < -0.4 is 15.0 Å². The van der Waals surface area contributed by atoms with Crippen molar-refractivity contribution < 1.29 is 17.5 Å². The molecule has 0 atom stereocenters. The maximum absolute atomic E-state index is 13.1. The average molecular weight is 388 g/mol. The molecule has 0 spiro atoms. The van der Waals surface area contributed by atoms with Gasteiger partial charge in [0.15, 0.2) is 0 Å². The molecule has 140 valence electrons. The summed E-state index contributed by atoms with van der Waals surface area (Å²) >= 11 is 0. The molecule has 6 nitrogen and oxygen atoms in total. The lowest BCUT2D eigenvalue weighted by atomic mass is 10.1. The van der Waals surface area contributed by atoms with E-state index in [9.17, 15) is 17.6 Å².